The number of rotatable bonds is 1. The van der Waals surface area contributed by atoms with Crippen molar-refractivity contribution in [1.29, 1.82) is 0 Å². The molecule has 2 aliphatic rings. The van der Waals surface area contributed by atoms with Crippen LogP contribution in [-0.4, -0.2) is 24.3 Å². The minimum Gasteiger partial charge on any atom is -0.235 e. The van der Waals surface area contributed by atoms with Gasteiger partial charge in [-0.25, -0.2) is 5.32 Å². The Morgan fingerprint density at radius 1 is 1.42 bits per heavy atom. The molecule has 0 aromatic heterocycles. The SMILES string of the molecule is CC1(C2CCCC[N]2)C=NN=N1. The molecule has 0 spiro atoms. The van der Waals surface area contributed by atoms with E-state index < -0.39 is 0 Å². The zero-order valence-corrected chi connectivity index (χ0v) is 7.27. The summed E-state index contributed by atoms with van der Waals surface area (Å²) in [6.45, 7) is 3.02. The molecule has 2 heterocycles. The van der Waals surface area contributed by atoms with E-state index >= 15 is 0 Å². The normalized spacial score (nSPS) is 40.6. The van der Waals surface area contributed by atoms with E-state index in [1.807, 2.05) is 13.1 Å². The number of hydrogen-bond donors (Lipinski definition) is 0. The van der Waals surface area contributed by atoms with Gasteiger partial charge in [0.05, 0.1) is 12.3 Å². The van der Waals surface area contributed by atoms with Crippen LogP contribution >= 0.6 is 0 Å². The summed E-state index contributed by atoms with van der Waals surface area (Å²) in [7, 11) is 0. The smallest absolute Gasteiger partial charge is 0.134 e. The Bertz CT molecular complexity index is 203. The molecule has 1 fully saturated rings. The number of piperidine rings is 1. The molecular formula is C8H13N4. The van der Waals surface area contributed by atoms with E-state index in [0.29, 0.717) is 6.04 Å². The summed E-state index contributed by atoms with van der Waals surface area (Å²) in [5.74, 6) is 0. The highest BCUT2D eigenvalue weighted by molar-refractivity contribution is 5.72. The van der Waals surface area contributed by atoms with Crippen LogP contribution in [0.25, 0.3) is 0 Å². The quantitative estimate of drug-likeness (QED) is 0.563. The van der Waals surface area contributed by atoms with Crippen molar-refractivity contribution in [1.82, 2.24) is 5.32 Å². The first kappa shape index (κ1) is 7.86. The van der Waals surface area contributed by atoms with Crippen molar-refractivity contribution < 1.29 is 0 Å². The molecule has 1 saturated heterocycles. The maximum atomic E-state index is 4.54. The standard InChI is InChI=1S/C8H13N4/c1-8(6-10-12-11-8)7-4-2-3-5-9-7/h6-7H,2-5H2,1H3. The topological polar surface area (TPSA) is 51.2 Å². The van der Waals surface area contributed by atoms with Gasteiger partial charge in [0.15, 0.2) is 0 Å². The summed E-state index contributed by atoms with van der Waals surface area (Å²) >= 11 is 0. The average molecular weight is 165 g/mol. The molecule has 0 aromatic carbocycles. The van der Waals surface area contributed by atoms with Crippen LogP contribution in [0.5, 0.6) is 0 Å². The first-order valence-electron chi connectivity index (χ1n) is 4.44. The number of nitrogens with zero attached hydrogens (tertiary/aromatic N) is 4. The van der Waals surface area contributed by atoms with Gasteiger partial charge in [-0.3, -0.25) is 0 Å². The molecule has 4 heteroatoms. The summed E-state index contributed by atoms with van der Waals surface area (Å²) in [6.07, 6.45) is 5.42. The fraction of sp³-hybridized carbons (Fsp3) is 0.875. The van der Waals surface area contributed by atoms with E-state index in [0.717, 1.165) is 13.0 Å². The van der Waals surface area contributed by atoms with Crippen molar-refractivity contribution in [2.45, 2.75) is 37.8 Å². The summed E-state index contributed by atoms with van der Waals surface area (Å²) in [5.41, 5.74) is -0.236. The maximum Gasteiger partial charge on any atom is 0.134 e. The van der Waals surface area contributed by atoms with E-state index in [9.17, 15) is 0 Å². The lowest BCUT2D eigenvalue weighted by atomic mass is 9.88. The monoisotopic (exact) mass is 165 g/mol. The molecule has 0 saturated carbocycles. The lowest BCUT2D eigenvalue weighted by Crippen LogP contribution is -2.46. The van der Waals surface area contributed by atoms with E-state index in [1.54, 1.807) is 0 Å². The fourth-order valence-electron chi connectivity index (χ4n) is 1.71. The third kappa shape index (κ3) is 1.27. The predicted molar refractivity (Wildman–Crippen MR) is 46.4 cm³/mol. The van der Waals surface area contributed by atoms with Gasteiger partial charge in [-0.1, -0.05) is 6.42 Å². The van der Waals surface area contributed by atoms with Crippen LogP contribution in [0.4, 0.5) is 0 Å². The van der Waals surface area contributed by atoms with Crippen molar-refractivity contribution in [2.75, 3.05) is 6.54 Å². The Hall–Kier alpha value is -0.770. The second-order valence-electron chi connectivity index (χ2n) is 3.58. The second-order valence-corrected chi connectivity index (χ2v) is 3.58. The fourth-order valence-corrected chi connectivity index (χ4v) is 1.71. The highest BCUT2D eigenvalue weighted by Crippen LogP contribution is 2.25. The van der Waals surface area contributed by atoms with Crippen LogP contribution in [0.2, 0.25) is 0 Å². The predicted octanol–water partition coefficient (Wildman–Crippen LogP) is 1.35. The van der Waals surface area contributed by atoms with E-state index in [-0.39, 0.29) is 5.54 Å². The van der Waals surface area contributed by atoms with Gasteiger partial charge >= 0.3 is 0 Å². The van der Waals surface area contributed by atoms with Crippen LogP contribution in [0.15, 0.2) is 15.4 Å². The molecule has 65 valence electrons. The zero-order chi connectivity index (χ0) is 8.44. The Morgan fingerprint density at radius 2 is 2.33 bits per heavy atom. The van der Waals surface area contributed by atoms with Gasteiger partial charge in [0.1, 0.15) is 5.54 Å². The molecule has 2 unspecified atom stereocenters. The molecule has 0 bridgehead atoms. The molecular weight excluding hydrogens is 152 g/mol. The van der Waals surface area contributed by atoms with Crippen LogP contribution < -0.4 is 5.32 Å². The van der Waals surface area contributed by atoms with Crippen molar-refractivity contribution in [3.63, 3.8) is 0 Å². The highest BCUT2D eigenvalue weighted by Gasteiger charge is 2.36. The summed E-state index contributed by atoms with van der Waals surface area (Å²) in [5, 5.41) is 16.1. The first-order valence-corrected chi connectivity index (χ1v) is 4.44. The van der Waals surface area contributed by atoms with Crippen molar-refractivity contribution in [2.24, 2.45) is 15.4 Å². The Morgan fingerprint density at radius 3 is 2.92 bits per heavy atom. The van der Waals surface area contributed by atoms with Crippen LogP contribution in [0.3, 0.4) is 0 Å². The molecule has 4 nitrogen and oxygen atoms in total. The molecule has 0 amide bonds. The van der Waals surface area contributed by atoms with Crippen molar-refractivity contribution in [3.05, 3.63) is 0 Å². The van der Waals surface area contributed by atoms with Gasteiger partial charge in [0, 0.05) is 6.54 Å². The molecule has 2 aliphatic heterocycles. The van der Waals surface area contributed by atoms with E-state index in [2.05, 4.69) is 20.8 Å². The minimum absolute atomic E-state index is 0.236. The van der Waals surface area contributed by atoms with Crippen molar-refractivity contribution in [3.8, 4) is 0 Å². The van der Waals surface area contributed by atoms with Gasteiger partial charge < -0.3 is 0 Å². The maximum absolute atomic E-state index is 4.54. The molecule has 0 aliphatic carbocycles. The highest BCUT2D eigenvalue weighted by atomic mass is 15.4. The van der Waals surface area contributed by atoms with E-state index in [1.165, 1.54) is 12.8 Å². The largest absolute Gasteiger partial charge is 0.235 e. The van der Waals surface area contributed by atoms with Gasteiger partial charge in [0.25, 0.3) is 0 Å². The average Bonchev–Trinajstić information content (AvgIpc) is 2.55. The van der Waals surface area contributed by atoms with Gasteiger partial charge in [-0.15, -0.1) is 5.10 Å². The Kier molecular flexibility index (Phi) is 1.92. The third-order valence-corrected chi connectivity index (χ3v) is 2.54. The van der Waals surface area contributed by atoms with Crippen LogP contribution in [0, 0.1) is 0 Å². The summed E-state index contributed by atoms with van der Waals surface area (Å²) in [4.78, 5) is 0. The summed E-state index contributed by atoms with van der Waals surface area (Å²) < 4.78 is 0. The van der Waals surface area contributed by atoms with Crippen LogP contribution in [0.1, 0.15) is 26.2 Å². The van der Waals surface area contributed by atoms with Gasteiger partial charge in [-0.2, -0.15) is 5.11 Å². The molecule has 0 N–H and O–H groups in total. The lowest BCUT2D eigenvalue weighted by molar-refractivity contribution is 0.321. The molecule has 12 heavy (non-hydrogen) atoms. The molecule has 2 atom stereocenters. The second kappa shape index (κ2) is 2.94. The van der Waals surface area contributed by atoms with Crippen molar-refractivity contribution >= 4 is 6.21 Å². The zero-order valence-electron chi connectivity index (χ0n) is 7.27. The first-order chi connectivity index (χ1) is 5.81. The van der Waals surface area contributed by atoms with Gasteiger partial charge in [-0.05, 0) is 25.0 Å². The lowest BCUT2D eigenvalue weighted by Gasteiger charge is -2.30. The van der Waals surface area contributed by atoms with E-state index in [4.69, 9.17) is 0 Å². The molecule has 1 radical (unpaired) electrons. The minimum atomic E-state index is -0.236. The molecule has 2 rings (SSSR count). The summed E-state index contributed by atoms with van der Waals surface area (Å²) in [6, 6.07) is 0.307. The van der Waals surface area contributed by atoms with Crippen LogP contribution in [-0.2, 0) is 0 Å². The Balaban J connectivity index is 2.06. The Labute approximate surface area is 72.1 Å². The van der Waals surface area contributed by atoms with Gasteiger partial charge in [0.2, 0.25) is 0 Å². The third-order valence-electron chi connectivity index (χ3n) is 2.54. The molecule has 0 aromatic rings. The number of hydrogen-bond acceptors (Lipinski definition) is 3.